The lowest BCUT2D eigenvalue weighted by Crippen LogP contribution is -2.02. The van der Waals surface area contributed by atoms with Crippen LogP contribution in [0, 0.1) is 0 Å². The van der Waals surface area contributed by atoms with E-state index in [1.807, 2.05) is 11.6 Å². The predicted molar refractivity (Wildman–Crippen MR) is 66.5 cm³/mol. The zero-order chi connectivity index (χ0) is 11.7. The molecule has 0 atom stereocenters. The molecule has 17 heavy (non-hydrogen) atoms. The highest BCUT2D eigenvalue weighted by atomic mass is 32.1. The molecular formula is C11H14N4OS. The number of aromatic nitrogens is 3. The molecule has 0 radical (unpaired) electrons. The molecule has 0 saturated heterocycles. The molecular weight excluding hydrogens is 236 g/mol. The quantitative estimate of drug-likeness (QED) is 0.900. The average molecular weight is 250 g/mol. The van der Waals surface area contributed by atoms with Crippen molar-refractivity contribution in [3.8, 4) is 5.88 Å². The van der Waals surface area contributed by atoms with Crippen LogP contribution in [0.2, 0.25) is 0 Å². The lowest BCUT2D eigenvalue weighted by Gasteiger charge is -2.05. The maximum Gasteiger partial charge on any atom is 0.248 e. The van der Waals surface area contributed by atoms with Gasteiger partial charge in [0.1, 0.15) is 5.69 Å². The number of hydrogen-bond donors (Lipinski definition) is 1. The normalized spacial score (nSPS) is 13.7. The predicted octanol–water partition coefficient (Wildman–Crippen LogP) is 1.91. The molecule has 0 aromatic carbocycles. The largest absolute Gasteiger partial charge is 0.479 e. The molecule has 1 aliphatic heterocycles. The molecule has 5 nitrogen and oxygen atoms in total. The Kier molecular flexibility index (Phi) is 2.72. The van der Waals surface area contributed by atoms with Gasteiger partial charge in [-0.25, -0.2) is 0 Å². The van der Waals surface area contributed by atoms with Gasteiger partial charge in [0.2, 0.25) is 5.88 Å². The zero-order valence-corrected chi connectivity index (χ0v) is 10.5. The summed E-state index contributed by atoms with van der Waals surface area (Å²) in [4.78, 5) is 0. The monoisotopic (exact) mass is 250 g/mol. The Balaban J connectivity index is 1.72. The van der Waals surface area contributed by atoms with Gasteiger partial charge in [0.25, 0.3) is 0 Å². The summed E-state index contributed by atoms with van der Waals surface area (Å²) in [6, 6.07) is 0. The zero-order valence-electron chi connectivity index (χ0n) is 9.64. The summed E-state index contributed by atoms with van der Waals surface area (Å²) >= 11 is 1.40. The maximum atomic E-state index is 5.16. The van der Waals surface area contributed by atoms with E-state index < -0.39 is 0 Å². The van der Waals surface area contributed by atoms with Crippen molar-refractivity contribution in [3.05, 3.63) is 22.8 Å². The summed E-state index contributed by atoms with van der Waals surface area (Å²) in [6.45, 7) is 1.84. The Labute approximate surface area is 104 Å². The molecule has 0 amide bonds. The van der Waals surface area contributed by atoms with Gasteiger partial charge < -0.3 is 10.1 Å². The molecule has 0 aliphatic carbocycles. The highest BCUT2D eigenvalue weighted by Crippen LogP contribution is 2.26. The van der Waals surface area contributed by atoms with Crippen molar-refractivity contribution >= 4 is 17.2 Å². The minimum absolute atomic E-state index is 0.666. The number of aryl methyl sites for hydroxylation is 1. The summed E-state index contributed by atoms with van der Waals surface area (Å²) in [5, 5.41) is 9.68. The fourth-order valence-electron chi connectivity index (χ4n) is 2.16. The van der Waals surface area contributed by atoms with E-state index in [0.717, 1.165) is 25.2 Å². The van der Waals surface area contributed by atoms with Crippen LogP contribution in [-0.2, 0) is 19.5 Å². The lowest BCUT2D eigenvalue weighted by molar-refractivity contribution is 0.404. The lowest BCUT2D eigenvalue weighted by atomic mass is 10.2. The van der Waals surface area contributed by atoms with Crippen LogP contribution in [-0.4, -0.2) is 21.3 Å². The van der Waals surface area contributed by atoms with E-state index >= 15 is 0 Å². The fraction of sp³-hybridized carbons (Fsp3) is 0.455. The molecule has 1 aliphatic rings. The Morgan fingerprint density at radius 1 is 1.59 bits per heavy atom. The highest BCUT2D eigenvalue weighted by molar-refractivity contribution is 7.04. The van der Waals surface area contributed by atoms with E-state index in [1.165, 1.54) is 29.2 Å². The Morgan fingerprint density at radius 2 is 2.53 bits per heavy atom. The third kappa shape index (κ3) is 1.88. The van der Waals surface area contributed by atoms with Crippen LogP contribution in [0.25, 0.3) is 0 Å². The highest BCUT2D eigenvalue weighted by Gasteiger charge is 2.16. The second-order valence-corrected chi connectivity index (χ2v) is 4.66. The average Bonchev–Trinajstić information content (AvgIpc) is 3.03. The summed E-state index contributed by atoms with van der Waals surface area (Å²) in [6.07, 6.45) is 4.29. The second-order valence-electron chi connectivity index (χ2n) is 4.03. The van der Waals surface area contributed by atoms with E-state index in [1.54, 1.807) is 7.11 Å². The van der Waals surface area contributed by atoms with Crippen molar-refractivity contribution in [2.75, 3.05) is 12.4 Å². The van der Waals surface area contributed by atoms with Crippen molar-refractivity contribution in [2.24, 2.45) is 0 Å². The second kappa shape index (κ2) is 4.37. The number of fused-ring (bicyclic) bond motifs is 1. The standard InChI is InChI=1S/C11H14N4OS/c1-16-11-9(7-17-14-11)12-5-8-6-13-15-4-2-3-10(8)15/h6-7,12H,2-5H2,1H3. The molecule has 6 heteroatoms. The van der Waals surface area contributed by atoms with Gasteiger partial charge in [0, 0.05) is 29.7 Å². The van der Waals surface area contributed by atoms with Gasteiger partial charge in [0.15, 0.2) is 0 Å². The number of nitrogens with one attached hydrogen (secondary N) is 1. The third-order valence-electron chi connectivity index (χ3n) is 3.02. The Morgan fingerprint density at radius 3 is 3.41 bits per heavy atom. The van der Waals surface area contributed by atoms with Crippen LogP contribution >= 0.6 is 11.5 Å². The molecule has 0 spiro atoms. The van der Waals surface area contributed by atoms with Crippen molar-refractivity contribution in [2.45, 2.75) is 25.9 Å². The number of nitrogens with zero attached hydrogens (tertiary/aromatic N) is 3. The molecule has 2 aromatic heterocycles. The molecule has 0 bridgehead atoms. The Hall–Kier alpha value is -1.56. The number of methoxy groups -OCH3 is 1. The molecule has 0 unspecified atom stereocenters. The summed E-state index contributed by atoms with van der Waals surface area (Å²) in [5.74, 6) is 0.666. The molecule has 0 fully saturated rings. The smallest absolute Gasteiger partial charge is 0.248 e. The molecule has 3 heterocycles. The molecule has 90 valence electrons. The summed E-state index contributed by atoms with van der Waals surface area (Å²) in [7, 11) is 1.64. The first-order valence-corrected chi connectivity index (χ1v) is 6.48. The van der Waals surface area contributed by atoms with E-state index in [9.17, 15) is 0 Å². The van der Waals surface area contributed by atoms with Gasteiger partial charge in [0.05, 0.1) is 13.3 Å². The maximum absolute atomic E-state index is 5.16. The van der Waals surface area contributed by atoms with Gasteiger partial charge in [-0.05, 0) is 24.4 Å². The van der Waals surface area contributed by atoms with Crippen molar-refractivity contribution < 1.29 is 4.74 Å². The summed E-state index contributed by atoms with van der Waals surface area (Å²) in [5.41, 5.74) is 3.59. The van der Waals surface area contributed by atoms with Crippen LogP contribution < -0.4 is 10.1 Å². The van der Waals surface area contributed by atoms with Gasteiger partial charge in [-0.1, -0.05) is 0 Å². The van der Waals surface area contributed by atoms with Crippen LogP contribution in [0.3, 0.4) is 0 Å². The SMILES string of the molecule is COc1nscc1NCc1cnn2c1CCC2. The minimum atomic E-state index is 0.666. The van der Waals surface area contributed by atoms with Crippen LogP contribution in [0.15, 0.2) is 11.6 Å². The van der Waals surface area contributed by atoms with Crippen LogP contribution in [0.4, 0.5) is 5.69 Å². The van der Waals surface area contributed by atoms with Crippen molar-refractivity contribution in [1.82, 2.24) is 14.2 Å². The van der Waals surface area contributed by atoms with Gasteiger partial charge in [-0.15, -0.1) is 0 Å². The van der Waals surface area contributed by atoms with E-state index in [-0.39, 0.29) is 0 Å². The van der Waals surface area contributed by atoms with Crippen LogP contribution in [0.5, 0.6) is 5.88 Å². The number of rotatable bonds is 4. The third-order valence-corrected chi connectivity index (χ3v) is 3.63. The van der Waals surface area contributed by atoms with E-state index in [0.29, 0.717) is 5.88 Å². The fourth-order valence-corrected chi connectivity index (χ4v) is 2.77. The van der Waals surface area contributed by atoms with Crippen LogP contribution in [0.1, 0.15) is 17.7 Å². The van der Waals surface area contributed by atoms with Gasteiger partial charge in [-0.3, -0.25) is 4.68 Å². The van der Waals surface area contributed by atoms with E-state index in [4.69, 9.17) is 4.74 Å². The van der Waals surface area contributed by atoms with Gasteiger partial charge >= 0.3 is 0 Å². The van der Waals surface area contributed by atoms with Gasteiger partial charge in [-0.2, -0.15) is 9.47 Å². The summed E-state index contributed by atoms with van der Waals surface area (Å²) < 4.78 is 11.4. The minimum Gasteiger partial charge on any atom is -0.479 e. The van der Waals surface area contributed by atoms with Crippen molar-refractivity contribution in [1.29, 1.82) is 0 Å². The topological polar surface area (TPSA) is 52.0 Å². The first-order chi connectivity index (χ1) is 8.38. The Bertz CT molecular complexity index is 519. The first kappa shape index (κ1) is 10.6. The molecule has 1 N–H and O–H groups in total. The molecule has 0 saturated carbocycles. The van der Waals surface area contributed by atoms with E-state index in [2.05, 4.69) is 19.5 Å². The van der Waals surface area contributed by atoms with Crippen molar-refractivity contribution in [3.63, 3.8) is 0 Å². The molecule has 2 aromatic rings. The number of hydrogen-bond acceptors (Lipinski definition) is 5. The molecule has 3 rings (SSSR count). The number of anilines is 1. The number of ether oxygens (including phenoxy) is 1. The first-order valence-electron chi connectivity index (χ1n) is 5.64.